The van der Waals surface area contributed by atoms with Crippen LogP contribution in [0.1, 0.15) is 48.0 Å². The Hall–Kier alpha value is -4.97. The SMILES string of the molecule is CCN(CC)c1ccc(C2(c3c(-c4ccccc4)cc4n(CC)c5ccccc5n34)OC(=O)c3ccccc32)c(OC)c1. The van der Waals surface area contributed by atoms with E-state index in [4.69, 9.17) is 9.47 Å². The van der Waals surface area contributed by atoms with Gasteiger partial charge in [0.2, 0.25) is 5.60 Å². The third-order valence-corrected chi connectivity index (χ3v) is 8.87. The van der Waals surface area contributed by atoms with E-state index in [1.54, 1.807) is 7.11 Å². The molecule has 1 unspecified atom stereocenters. The summed E-state index contributed by atoms with van der Waals surface area (Å²) in [6, 6.07) is 35.0. The Morgan fingerprint density at radius 2 is 1.47 bits per heavy atom. The van der Waals surface area contributed by atoms with E-state index >= 15 is 0 Å². The Morgan fingerprint density at radius 1 is 0.767 bits per heavy atom. The van der Waals surface area contributed by atoms with Gasteiger partial charge in [-0.3, -0.25) is 4.40 Å². The zero-order chi connectivity index (χ0) is 29.7. The van der Waals surface area contributed by atoms with E-state index in [1.807, 2.05) is 42.5 Å². The highest BCUT2D eigenvalue weighted by Gasteiger charge is 2.53. The van der Waals surface area contributed by atoms with Crippen LogP contribution in [0.2, 0.25) is 0 Å². The van der Waals surface area contributed by atoms with Crippen molar-refractivity contribution in [2.75, 3.05) is 25.1 Å². The number of ether oxygens (including phenoxy) is 2. The fourth-order valence-electron chi connectivity index (χ4n) is 6.94. The molecular weight excluding hydrogens is 534 g/mol. The van der Waals surface area contributed by atoms with Gasteiger partial charge in [0.15, 0.2) is 0 Å². The minimum Gasteiger partial charge on any atom is -0.496 e. The largest absolute Gasteiger partial charge is 0.496 e. The maximum Gasteiger partial charge on any atom is 0.340 e. The number of methoxy groups -OCH3 is 1. The van der Waals surface area contributed by atoms with Crippen molar-refractivity contribution in [3.05, 3.63) is 126 Å². The van der Waals surface area contributed by atoms with E-state index in [0.717, 1.165) is 69.9 Å². The predicted octanol–water partition coefficient (Wildman–Crippen LogP) is 7.90. The molecule has 7 rings (SSSR count). The molecule has 0 aliphatic carbocycles. The fourth-order valence-corrected chi connectivity index (χ4v) is 6.94. The van der Waals surface area contributed by atoms with Gasteiger partial charge >= 0.3 is 5.97 Å². The van der Waals surface area contributed by atoms with Gasteiger partial charge < -0.3 is 18.9 Å². The first-order chi connectivity index (χ1) is 21.1. The van der Waals surface area contributed by atoms with Crippen molar-refractivity contribution < 1.29 is 14.3 Å². The van der Waals surface area contributed by atoms with Crippen LogP contribution in [-0.4, -0.2) is 35.1 Å². The van der Waals surface area contributed by atoms with Crippen LogP contribution in [0, 0.1) is 0 Å². The maximum absolute atomic E-state index is 13.8. The Morgan fingerprint density at radius 3 is 2.19 bits per heavy atom. The van der Waals surface area contributed by atoms with Crippen molar-refractivity contribution in [2.45, 2.75) is 32.9 Å². The van der Waals surface area contributed by atoms with Crippen LogP contribution in [-0.2, 0) is 16.9 Å². The smallest absolute Gasteiger partial charge is 0.340 e. The highest BCUT2D eigenvalue weighted by molar-refractivity contribution is 5.98. The number of aryl methyl sites for hydroxylation is 1. The zero-order valence-electron chi connectivity index (χ0n) is 25.0. The van der Waals surface area contributed by atoms with Crippen molar-refractivity contribution in [1.82, 2.24) is 8.97 Å². The number of benzene rings is 4. The van der Waals surface area contributed by atoms with Gasteiger partial charge in [0.1, 0.15) is 11.4 Å². The summed E-state index contributed by atoms with van der Waals surface area (Å²) in [5.41, 5.74) is 8.08. The molecule has 1 atom stereocenters. The van der Waals surface area contributed by atoms with Crippen LogP contribution in [0.5, 0.6) is 5.75 Å². The summed E-state index contributed by atoms with van der Waals surface area (Å²) in [6.45, 7) is 8.99. The predicted molar refractivity (Wildman–Crippen MR) is 172 cm³/mol. The van der Waals surface area contributed by atoms with Crippen molar-refractivity contribution in [1.29, 1.82) is 0 Å². The highest BCUT2D eigenvalue weighted by Crippen LogP contribution is 2.54. The lowest BCUT2D eigenvalue weighted by Crippen LogP contribution is -2.32. The van der Waals surface area contributed by atoms with Gasteiger partial charge in [0.25, 0.3) is 0 Å². The van der Waals surface area contributed by atoms with Crippen molar-refractivity contribution >= 4 is 28.3 Å². The molecule has 2 aromatic heterocycles. The number of fused-ring (bicyclic) bond motifs is 4. The van der Waals surface area contributed by atoms with Crippen LogP contribution in [0.25, 0.3) is 27.8 Å². The van der Waals surface area contributed by atoms with Gasteiger partial charge in [-0.1, -0.05) is 60.7 Å². The van der Waals surface area contributed by atoms with Gasteiger partial charge in [-0.05, 0) is 62.7 Å². The van der Waals surface area contributed by atoms with Gasteiger partial charge in [-0.25, -0.2) is 4.79 Å². The molecule has 6 nitrogen and oxygen atoms in total. The number of anilines is 1. The summed E-state index contributed by atoms with van der Waals surface area (Å²) in [5, 5.41) is 0. The first-order valence-corrected chi connectivity index (χ1v) is 15.0. The van der Waals surface area contributed by atoms with E-state index in [1.165, 1.54) is 0 Å². The lowest BCUT2D eigenvalue weighted by Gasteiger charge is -2.33. The quantitative estimate of drug-likeness (QED) is 0.175. The number of nitrogens with zero attached hydrogens (tertiary/aromatic N) is 3. The molecule has 1 aliphatic rings. The van der Waals surface area contributed by atoms with Crippen LogP contribution in [0.15, 0.2) is 103 Å². The van der Waals surface area contributed by atoms with Crippen LogP contribution < -0.4 is 9.64 Å². The molecule has 4 aromatic carbocycles. The molecule has 216 valence electrons. The number of esters is 1. The molecule has 0 N–H and O–H groups in total. The second kappa shape index (κ2) is 10.4. The second-order valence-corrected chi connectivity index (χ2v) is 10.9. The van der Waals surface area contributed by atoms with E-state index < -0.39 is 5.60 Å². The molecular formula is C37H35N3O3. The minimum absolute atomic E-state index is 0.348. The number of carbonyl (C=O) groups excluding carboxylic acids is 1. The second-order valence-electron chi connectivity index (χ2n) is 10.9. The number of hydrogen-bond acceptors (Lipinski definition) is 4. The normalized spacial score (nSPS) is 16.0. The number of imidazole rings is 1. The number of aromatic nitrogens is 2. The van der Waals surface area contributed by atoms with E-state index in [9.17, 15) is 4.79 Å². The van der Waals surface area contributed by atoms with E-state index in [0.29, 0.717) is 11.3 Å². The summed E-state index contributed by atoms with van der Waals surface area (Å²) < 4.78 is 17.5. The first-order valence-electron chi connectivity index (χ1n) is 15.0. The van der Waals surface area contributed by atoms with E-state index in [-0.39, 0.29) is 5.97 Å². The number of cyclic esters (lactones) is 1. The summed E-state index contributed by atoms with van der Waals surface area (Å²) in [5.74, 6) is 0.320. The van der Waals surface area contributed by atoms with Crippen molar-refractivity contribution in [2.24, 2.45) is 0 Å². The topological polar surface area (TPSA) is 48.1 Å². The number of rotatable bonds is 8. The molecule has 0 amide bonds. The summed E-state index contributed by atoms with van der Waals surface area (Å²) >= 11 is 0. The van der Waals surface area contributed by atoms with Gasteiger partial charge in [0, 0.05) is 48.1 Å². The van der Waals surface area contributed by atoms with Gasteiger partial charge in [-0.15, -0.1) is 0 Å². The van der Waals surface area contributed by atoms with Crippen LogP contribution in [0.3, 0.4) is 0 Å². The number of carbonyl (C=O) groups is 1. The standard InChI is InChI=1S/C37H35N3O3/c1-5-38(6-2)26-21-22-30(33(23-26)42-4)37(29-18-12-11-17-27(29)36(41)43-37)35-28(25-15-9-8-10-16-25)24-34-39(7-3)31-19-13-14-20-32(31)40(34)35/h8-24H,5-7H2,1-4H3. The monoisotopic (exact) mass is 569 g/mol. The summed E-state index contributed by atoms with van der Waals surface area (Å²) in [6.07, 6.45) is 0. The average molecular weight is 570 g/mol. The maximum atomic E-state index is 13.8. The van der Waals surface area contributed by atoms with Crippen LogP contribution >= 0.6 is 0 Å². The molecule has 43 heavy (non-hydrogen) atoms. The zero-order valence-corrected chi connectivity index (χ0v) is 25.0. The molecule has 3 heterocycles. The molecule has 6 aromatic rings. The molecule has 0 fully saturated rings. The highest BCUT2D eigenvalue weighted by atomic mass is 16.6. The molecule has 6 heteroatoms. The Kier molecular flexibility index (Phi) is 6.50. The molecule has 0 spiro atoms. The van der Waals surface area contributed by atoms with Crippen LogP contribution in [0.4, 0.5) is 5.69 Å². The third-order valence-electron chi connectivity index (χ3n) is 8.87. The van der Waals surface area contributed by atoms with Crippen molar-refractivity contribution in [3.63, 3.8) is 0 Å². The summed E-state index contributed by atoms with van der Waals surface area (Å²) in [4.78, 5) is 16.1. The minimum atomic E-state index is -1.28. The molecule has 0 saturated heterocycles. The lowest BCUT2D eigenvalue weighted by molar-refractivity contribution is 0.0233. The first kappa shape index (κ1) is 26.9. The summed E-state index contributed by atoms with van der Waals surface area (Å²) in [7, 11) is 1.69. The third kappa shape index (κ3) is 3.82. The number of para-hydroxylation sites is 2. The van der Waals surface area contributed by atoms with E-state index in [2.05, 4.69) is 95.3 Å². The Bertz CT molecular complexity index is 1980. The molecule has 0 radical (unpaired) electrons. The molecule has 1 aliphatic heterocycles. The average Bonchev–Trinajstić information content (AvgIpc) is 3.69. The Balaban J connectivity index is 1.67. The van der Waals surface area contributed by atoms with Gasteiger partial charge in [-0.2, -0.15) is 0 Å². The lowest BCUT2D eigenvalue weighted by atomic mass is 9.79. The molecule has 0 saturated carbocycles. The van der Waals surface area contributed by atoms with Crippen molar-refractivity contribution in [3.8, 4) is 16.9 Å². The fraction of sp³-hybridized carbons (Fsp3) is 0.216. The Labute approximate surface area is 251 Å². The van der Waals surface area contributed by atoms with Gasteiger partial charge in [0.05, 0.1) is 29.4 Å². The number of hydrogen-bond donors (Lipinski definition) is 0. The molecule has 0 bridgehead atoms.